The molecule has 0 saturated carbocycles. The highest BCUT2D eigenvalue weighted by Crippen LogP contribution is 2.09. The van der Waals surface area contributed by atoms with Gasteiger partial charge in [0.15, 0.2) is 0 Å². The van der Waals surface area contributed by atoms with Gasteiger partial charge in [0.25, 0.3) is 0 Å². The van der Waals surface area contributed by atoms with Gasteiger partial charge in [-0.15, -0.1) is 0 Å². The van der Waals surface area contributed by atoms with Crippen molar-refractivity contribution in [1.29, 1.82) is 0 Å². The van der Waals surface area contributed by atoms with Crippen molar-refractivity contribution in [2.24, 2.45) is 0 Å². The third-order valence-corrected chi connectivity index (χ3v) is 3.95. The molecule has 1 N–H and O–H groups in total. The van der Waals surface area contributed by atoms with E-state index in [0.717, 1.165) is 6.04 Å². The number of nitrogens with zero attached hydrogens (tertiary/aromatic N) is 2. The Hall–Kier alpha value is -0.120. The van der Waals surface area contributed by atoms with Gasteiger partial charge in [0.2, 0.25) is 0 Å². The van der Waals surface area contributed by atoms with Gasteiger partial charge in [-0.25, -0.2) is 0 Å². The fourth-order valence-electron chi connectivity index (χ4n) is 2.89. The maximum absolute atomic E-state index is 3.70. The summed E-state index contributed by atoms with van der Waals surface area (Å²) in [4.78, 5) is 5.06. The fraction of sp³-hybridized carbons (Fsp3) is 1.00. The predicted molar refractivity (Wildman–Crippen MR) is 68.8 cm³/mol. The van der Waals surface area contributed by atoms with Crippen molar-refractivity contribution >= 4 is 0 Å². The lowest BCUT2D eigenvalue weighted by Gasteiger charge is -2.21. The van der Waals surface area contributed by atoms with Crippen LogP contribution in [0.15, 0.2) is 0 Å². The van der Waals surface area contributed by atoms with Gasteiger partial charge in [-0.2, -0.15) is 0 Å². The number of hydrogen-bond donors (Lipinski definition) is 1. The molecule has 2 aliphatic rings. The molecule has 16 heavy (non-hydrogen) atoms. The van der Waals surface area contributed by atoms with Crippen LogP contribution in [-0.4, -0.2) is 62.2 Å². The summed E-state index contributed by atoms with van der Waals surface area (Å²) >= 11 is 0. The van der Waals surface area contributed by atoms with Crippen LogP contribution in [-0.2, 0) is 0 Å². The third kappa shape index (κ3) is 4.04. The SMILES string of the molecule is CN1CCC(NCCN2CCCCCC2)C1. The Bertz CT molecular complexity index is 188. The van der Waals surface area contributed by atoms with Crippen LogP contribution in [0.1, 0.15) is 32.1 Å². The van der Waals surface area contributed by atoms with Crippen molar-refractivity contribution in [3.05, 3.63) is 0 Å². The summed E-state index contributed by atoms with van der Waals surface area (Å²) in [6.45, 7) is 7.58. The minimum atomic E-state index is 0.747. The van der Waals surface area contributed by atoms with Crippen LogP contribution < -0.4 is 5.32 Å². The van der Waals surface area contributed by atoms with Crippen LogP contribution in [0, 0.1) is 0 Å². The van der Waals surface area contributed by atoms with Gasteiger partial charge < -0.3 is 15.1 Å². The quantitative estimate of drug-likeness (QED) is 0.774. The summed E-state index contributed by atoms with van der Waals surface area (Å²) in [5, 5.41) is 3.70. The van der Waals surface area contributed by atoms with E-state index < -0.39 is 0 Å². The fourth-order valence-corrected chi connectivity index (χ4v) is 2.89. The maximum atomic E-state index is 3.70. The average Bonchev–Trinajstić information content (AvgIpc) is 2.54. The van der Waals surface area contributed by atoms with E-state index in [1.165, 1.54) is 71.4 Å². The molecule has 0 aromatic heterocycles. The molecule has 3 nitrogen and oxygen atoms in total. The lowest BCUT2D eigenvalue weighted by molar-refractivity contribution is 0.278. The van der Waals surface area contributed by atoms with Crippen molar-refractivity contribution in [3.63, 3.8) is 0 Å². The molecule has 2 saturated heterocycles. The number of nitrogens with one attached hydrogen (secondary N) is 1. The first-order valence-corrected chi connectivity index (χ1v) is 6.99. The van der Waals surface area contributed by atoms with Crippen molar-refractivity contribution < 1.29 is 0 Å². The highest BCUT2D eigenvalue weighted by molar-refractivity contribution is 4.79. The van der Waals surface area contributed by atoms with E-state index in [1.807, 2.05) is 0 Å². The zero-order valence-corrected chi connectivity index (χ0v) is 10.7. The largest absolute Gasteiger partial charge is 0.311 e. The van der Waals surface area contributed by atoms with Crippen molar-refractivity contribution in [2.45, 2.75) is 38.1 Å². The Balaban J connectivity index is 1.56. The van der Waals surface area contributed by atoms with Gasteiger partial charge in [0.1, 0.15) is 0 Å². The predicted octanol–water partition coefficient (Wildman–Crippen LogP) is 1.16. The van der Waals surface area contributed by atoms with E-state index in [1.54, 1.807) is 0 Å². The lowest BCUT2D eigenvalue weighted by atomic mass is 10.2. The zero-order chi connectivity index (χ0) is 11.2. The molecule has 1 atom stereocenters. The number of likely N-dealkylation sites (N-methyl/N-ethyl adjacent to an activating group) is 1. The number of rotatable bonds is 4. The molecule has 94 valence electrons. The summed E-state index contributed by atoms with van der Waals surface area (Å²) < 4.78 is 0. The molecule has 0 aliphatic carbocycles. The van der Waals surface area contributed by atoms with Gasteiger partial charge in [-0.05, 0) is 45.9 Å². The van der Waals surface area contributed by atoms with Crippen molar-refractivity contribution in [1.82, 2.24) is 15.1 Å². The van der Waals surface area contributed by atoms with Crippen molar-refractivity contribution in [2.75, 3.05) is 46.3 Å². The Kier molecular flexibility index (Phi) is 5.07. The molecule has 2 fully saturated rings. The summed E-state index contributed by atoms with van der Waals surface area (Å²) in [5.74, 6) is 0. The van der Waals surface area contributed by atoms with Crippen LogP contribution >= 0.6 is 0 Å². The van der Waals surface area contributed by atoms with E-state index in [-0.39, 0.29) is 0 Å². The minimum absolute atomic E-state index is 0.747. The van der Waals surface area contributed by atoms with Gasteiger partial charge >= 0.3 is 0 Å². The minimum Gasteiger partial charge on any atom is -0.311 e. The molecule has 3 heteroatoms. The smallest absolute Gasteiger partial charge is 0.0207 e. The van der Waals surface area contributed by atoms with Gasteiger partial charge in [-0.1, -0.05) is 12.8 Å². The van der Waals surface area contributed by atoms with E-state index in [0.29, 0.717) is 0 Å². The molecule has 1 unspecified atom stereocenters. The van der Waals surface area contributed by atoms with Crippen LogP contribution in [0.3, 0.4) is 0 Å². The van der Waals surface area contributed by atoms with E-state index in [4.69, 9.17) is 0 Å². The van der Waals surface area contributed by atoms with Crippen LogP contribution in [0.4, 0.5) is 0 Å². The normalized spacial score (nSPS) is 29.4. The molecular weight excluding hydrogens is 198 g/mol. The Morgan fingerprint density at radius 3 is 2.44 bits per heavy atom. The second-order valence-electron chi connectivity index (χ2n) is 5.46. The monoisotopic (exact) mass is 225 g/mol. The topological polar surface area (TPSA) is 18.5 Å². The summed E-state index contributed by atoms with van der Waals surface area (Å²) in [5.41, 5.74) is 0. The first-order valence-electron chi connectivity index (χ1n) is 6.99. The Morgan fingerprint density at radius 2 is 1.81 bits per heavy atom. The Labute approximate surface area is 100 Å². The van der Waals surface area contributed by atoms with Gasteiger partial charge in [0.05, 0.1) is 0 Å². The highest BCUT2D eigenvalue weighted by atomic mass is 15.2. The number of hydrogen-bond acceptors (Lipinski definition) is 3. The zero-order valence-electron chi connectivity index (χ0n) is 10.7. The molecule has 0 bridgehead atoms. The summed E-state index contributed by atoms with van der Waals surface area (Å²) in [6.07, 6.45) is 7.03. The van der Waals surface area contributed by atoms with Gasteiger partial charge in [-0.3, -0.25) is 0 Å². The molecular formula is C13H27N3. The second kappa shape index (κ2) is 6.58. The molecule has 0 amide bonds. The molecule has 0 spiro atoms. The van der Waals surface area contributed by atoms with E-state index >= 15 is 0 Å². The van der Waals surface area contributed by atoms with Crippen LogP contribution in [0.5, 0.6) is 0 Å². The summed E-state index contributed by atoms with van der Waals surface area (Å²) in [7, 11) is 2.22. The van der Waals surface area contributed by atoms with Crippen molar-refractivity contribution in [3.8, 4) is 0 Å². The maximum Gasteiger partial charge on any atom is 0.0207 e. The third-order valence-electron chi connectivity index (χ3n) is 3.95. The van der Waals surface area contributed by atoms with Crippen LogP contribution in [0.2, 0.25) is 0 Å². The first-order chi connectivity index (χ1) is 7.84. The Morgan fingerprint density at radius 1 is 1.06 bits per heavy atom. The summed E-state index contributed by atoms with van der Waals surface area (Å²) in [6, 6.07) is 0.747. The first kappa shape index (κ1) is 12.3. The number of likely N-dealkylation sites (tertiary alicyclic amines) is 2. The highest BCUT2D eigenvalue weighted by Gasteiger charge is 2.18. The van der Waals surface area contributed by atoms with E-state index in [2.05, 4.69) is 22.2 Å². The molecule has 2 aliphatic heterocycles. The van der Waals surface area contributed by atoms with E-state index in [9.17, 15) is 0 Å². The lowest BCUT2D eigenvalue weighted by Crippen LogP contribution is -2.38. The second-order valence-corrected chi connectivity index (χ2v) is 5.46. The molecule has 2 rings (SSSR count). The van der Waals surface area contributed by atoms with Crippen LogP contribution in [0.25, 0.3) is 0 Å². The van der Waals surface area contributed by atoms with Gasteiger partial charge in [0, 0.05) is 25.7 Å². The standard InChI is InChI=1S/C13H27N3/c1-15-10-6-13(12-15)14-7-11-16-8-4-2-3-5-9-16/h13-14H,2-12H2,1H3. The molecule has 2 heterocycles. The molecule has 0 aromatic carbocycles. The molecule has 0 radical (unpaired) electrons. The average molecular weight is 225 g/mol. The molecule has 0 aromatic rings.